The molecule has 0 atom stereocenters. The Labute approximate surface area is 172 Å². The van der Waals surface area contributed by atoms with Crippen LogP contribution in [0, 0.1) is 11.6 Å². The molecule has 0 fully saturated rings. The number of nitrogens with one attached hydrogen (secondary N) is 1. The number of urea groups is 1. The number of rotatable bonds is 7. The SMILES string of the molecule is CS(=O)(=O)Oc1cccc(CN(Cc2ccco2)C(=O)Nc2ccc(F)c(F)c2)c1. The Kier molecular flexibility index (Phi) is 6.36. The van der Waals surface area contributed by atoms with E-state index in [0.29, 0.717) is 11.3 Å². The van der Waals surface area contributed by atoms with Gasteiger partial charge in [0.25, 0.3) is 0 Å². The number of benzene rings is 2. The Balaban J connectivity index is 1.81. The first kappa shape index (κ1) is 21.3. The smallest absolute Gasteiger partial charge is 0.322 e. The molecule has 0 aliphatic carbocycles. The number of amides is 2. The lowest BCUT2D eigenvalue weighted by Gasteiger charge is -2.22. The fourth-order valence-corrected chi connectivity index (χ4v) is 3.11. The largest absolute Gasteiger partial charge is 0.467 e. The van der Waals surface area contributed by atoms with Gasteiger partial charge < -0.3 is 18.8 Å². The third-order valence-electron chi connectivity index (χ3n) is 3.90. The topological polar surface area (TPSA) is 88.9 Å². The summed E-state index contributed by atoms with van der Waals surface area (Å²) in [6.07, 6.45) is 2.39. The summed E-state index contributed by atoms with van der Waals surface area (Å²) in [5.41, 5.74) is 0.667. The maximum absolute atomic E-state index is 13.4. The van der Waals surface area contributed by atoms with E-state index < -0.39 is 27.8 Å². The zero-order valence-corrected chi connectivity index (χ0v) is 16.7. The molecule has 0 aliphatic rings. The highest BCUT2D eigenvalue weighted by atomic mass is 32.2. The number of hydrogen-bond donors (Lipinski definition) is 1. The maximum atomic E-state index is 13.4. The van der Waals surface area contributed by atoms with Crippen LogP contribution in [0.4, 0.5) is 19.3 Å². The molecule has 7 nitrogen and oxygen atoms in total. The number of carbonyl (C=O) groups excluding carboxylic acids is 1. The molecule has 10 heteroatoms. The van der Waals surface area contributed by atoms with Gasteiger partial charge in [-0.25, -0.2) is 13.6 Å². The molecule has 0 aliphatic heterocycles. The number of hydrogen-bond acceptors (Lipinski definition) is 5. The van der Waals surface area contributed by atoms with Crippen LogP contribution < -0.4 is 9.50 Å². The number of carbonyl (C=O) groups is 1. The summed E-state index contributed by atoms with van der Waals surface area (Å²) < 4.78 is 59.4. The first-order valence-electron chi connectivity index (χ1n) is 8.71. The molecule has 0 bridgehead atoms. The fourth-order valence-electron chi connectivity index (χ4n) is 2.66. The summed E-state index contributed by atoms with van der Waals surface area (Å²) >= 11 is 0. The second-order valence-electron chi connectivity index (χ2n) is 6.43. The van der Waals surface area contributed by atoms with Crippen LogP contribution in [0.1, 0.15) is 11.3 Å². The van der Waals surface area contributed by atoms with Gasteiger partial charge in [0.2, 0.25) is 0 Å². The van der Waals surface area contributed by atoms with E-state index in [0.717, 1.165) is 18.4 Å². The van der Waals surface area contributed by atoms with Gasteiger partial charge in [0.15, 0.2) is 11.6 Å². The van der Waals surface area contributed by atoms with Crippen molar-refractivity contribution in [3.05, 3.63) is 83.8 Å². The van der Waals surface area contributed by atoms with Crippen molar-refractivity contribution >= 4 is 21.8 Å². The summed E-state index contributed by atoms with van der Waals surface area (Å²) in [6, 6.07) is 12.0. The van der Waals surface area contributed by atoms with E-state index in [1.807, 2.05) is 0 Å². The van der Waals surface area contributed by atoms with E-state index in [1.54, 1.807) is 24.3 Å². The molecule has 0 spiro atoms. The van der Waals surface area contributed by atoms with Gasteiger partial charge in [-0.15, -0.1) is 0 Å². The molecule has 1 aromatic heterocycles. The van der Waals surface area contributed by atoms with Crippen LogP contribution in [0.3, 0.4) is 0 Å². The Morgan fingerprint density at radius 2 is 1.87 bits per heavy atom. The van der Waals surface area contributed by atoms with Crippen molar-refractivity contribution in [3.63, 3.8) is 0 Å². The highest BCUT2D eigenvalue weighted by Crippen LogP contribution is 2.19. The molecule has 1 heterocycles. The minimum absolute atomic E-state index is 0.0666. The predicted molar refractivity (Wildman–Crippen MR) is 105 cm³/mol. The molecular weight excluding hydrogens is 418 g/mol. The van der Waals surface area contributed by atoms with Crippen molar-refractivity contribution < 1.29 is 30.6 Å². The second-order valence-corrected chi connectivity index (χ2v) is 8.00. The molecule has 30 heavy (non-hydrogen) atoms. The molecule has 3 aromatic rings. The van der Waals surface area contributed by atoms with Gasteiger partial charge in [0, 0.05) is 18.3 Å². The Hall–Kier alpha value is -3.40. The van der Waals surface area contributed by atoms with Crippen molar-refractivity contribution in [2.45, 2.75) is 13.1 Å². The molecule has 0 radical (unpaired) electrons. The van der Waals surface area contributed by atoms with E-state index in [-0.39, 0.29) is 24.5 Å². The molecule has 2 aromatic carbocycles. The van der Waals surface area contributed by atoms with Gasteiger partial charge in [-0.2, -0.15) is 8.42 Å². The normalized spacial score (nSPS) is 11.2. The average molecular weight is 436 g/mol. The Morgan fingerprint density at radius 1 is 1.07 bits per heavy atom. The molecule has 158 valence electrons. The number of anilines is 1. The second kappa shape index (κ2) is 8.95. The van der Waals surface area contributed by atoms with Crippen LogP contribution in [-0.2, 0) is 23.2 Å². The number of furan rings is 1. The quantitative estimate of drug-likeness (QED) is 0.563. The van der Waals surface area contributed by atoms with Gasteiger partial charge >= 0.3 is 16.1 Å². The van der Waals surface area contributed by atoms with Crippen molar-refractivity contribution in [2.24, 2.45) is 0 Å². The number of nitrogens with zero attached hydrogens (tertiary/aromatic N) is 1. The molecule has 3 rings (SSSR count). The molecule has 0 saturated carbocycles. The third-order valence-corrected chi connectivity index (χ3v) is 4.40. The predicted octanol–water partition coefficient (Wildman–Crippen LogP) is 4.13. The number of halogens is 2. The monoisotopic (exact) mass is 436 g/mol. The first-order valence-corrected chi connectivity index (χ1v) is 10.5. The zero-order valence-electron chi connectivity index (χ0n) is 15.8. The average Bonchev–Trinajstić information content (AvgIpc) is 3.16. The first-order chi connectivity index (χ1) is 14.2. The summed E-state index contributed by atoms with van der Waals surface area (Å²) in [7, 11) is -3.70. The standard InChI is InChI=1S/C20H18F2N2O5S/c1-30(26,27)29-16-5-2-4-14(10-16)12-24(13-17-6-3-9-28-17)20(25)23-15-7-8-18(21)19(22)11-15/h2-11H,12-13H2,1H3,(H,23,25). The van der Waals surface area contributed by atoms with E-state index in [1.165, 1.54) is 29.4 Å². The molecule has 0 unspecified atom stereocenters. The summed E-state index contributed by atoms with van der Waals surface area (Å²) in [5.74, 6) is -1.51. The Morgan fingerprint density at radius 3 is 2.53 bits per heavy atom. The van der Waals surface area contributed by atoms with Crippen LogP contribution in [0.2, 0.25) is 0 Å². The van der Waals surface area contributed by atoms with Gasteiger partial charge in [-0.3, -0.25) is 0 Å². The van der Waals surface area contributed by atoms with Gasteiger partial charge in [-0.05, 0) is 42.0 Å². The third kappa shape index (κ3) is 6.05. The van der Waals surface area contributed by atoms with Crippen molar-refractivity contribution in [3.8, 4) is 5.75 Å². The molecular formula is C20H18F2N2O5S. The zero-order chi connectivity index (χ0) is 21.7. The van der Waals surface area contributed by atoms with Gasteiger partial charge in [0.05, 0.1) is 19.1 Å². The fraction of sp³-hybridized carbons (Fsp3) is 0.150. The summed E-state index contributed by atoms with van der Waals surface area (Å²) in [5, 5.41) is 2.51. The van der Waals surface area contributed by atoms with Gasteiger partial charge in [-0.1, -0.05) is 12.1 Å². The van der Waals surface area contributed by atoms with Crippen LogP contribution >= 0.6 is 0 Å². The Bertz CT molecular complexity index is 1130. The van der Waals surface area contributed by atoms with E-state index in [2.05, 4.69) is 5.32 Å². The lowest BCUT2D eigenvalue weighted by molar-refractivity contribution is 0.201. The van der Waals surface area contributed by atoms with Crippen LogP contribution in [0.5, 0.6) is 5.75 Å². The van der Waals surface area contributed by atoms with E-state index >= 15 is 0 Å². The molecule has 0 saturated heterocycles. The van der Waals surface area contributed by atoms with Crippen LogP contribution in [-0.4, -0.2) is 25.6 Å². The van der Waals surface area contributed by atoms with Crippen molar-refractivity contribution in [1.82, 2.24) is 4.90 Å². The van der Waals surface area contributed by atoms with Crippen LogP contribution in [0.25, 0.3) is 0 Å². The minimum Gasteiger partial charge on any atom is -0.467 e. The highest BCUT2D eigenvalue weighted by molar-refractivity contribution is 7.86. The summed E-state index contributed by atoms with van der Waals surface area (Å²) in [4.78, 5) is 14.1. The lowest BCUT2D eigenvalue weighted by atomic mass is 10.2. The highest BCUT2D eigenvalue weighted by Gasteiger charge is 2.18. The maximum Gasteiger partial charge on any atom is 0.322 e. The van der Waals surface area contributed by atoms with E-state index in [9.17, 15) is 22.0 Å². The lowest BCUT2D eigenvalue weighted by Crippen LogP contribution is -2.34. The molecule has 2 amide bonds. The van der Waals surface area contributed by atoms with Crippen LogP contribution in [0.15, 0.2) is 65.3 Å². The van der Waals surface area contributed by atoms with Gasteiger partial charge in [0.1, 0.15) is 11.5 Å². The minimum atomic E-state index is -3.70. The van der Waals surface area contributed by atoms with Crippen molar-refractivity contribution in [1.29, 1.82) is 0 Å². The summed E-state index contributed by atoms with van der Waals surface area (Å²) in [6.45, 7) is 0.150. The molecule has 1 N–H and O–H groups in total. The van der Waals surface area contributed by atoms with E-state index in [4.69, 9.17) is 8.60 Å². The van der Waals surface area contributed by atoms with Crippen molar-refractivity contribution in [2.75, 3.05) is 11.6 Å².